The molecule has 2 aromatic rings. The average molecular weight is 239 g/mol. The molecule has 2 rings (SSSR count). The summed E-state index contributed by atoms with van der Waals surface area (Å²) in [6.07, 6.45) is 0. The lowest BCUT2D eigenvalue weighted by Crippen LogP contribution is -1.92. The van der Waals surface area contributed by atoms with Gasteiger partial charge in [0, 0.05) is 10.1 Å². The Kier molecular flexibility index (Phi) is 3.85. The van der Waals surface area contributed by atoms with E-state index in [0.29, 0.717) is 0 Å². The highest BCUT2D eigenvalue weighted by Crippen LogP contribution is 2.35. The lowest BCUT2D eigenvalue weighted by molar-refractivity contribution is 1.09. The van der Waals surface area contributed by atoms with Gasteiger partial charge in [-0.15, -0.1) is 11.8 Å². The maximum absolute atomic E-state index is 9.07. The summed E-state index contributed by atoms with van der Waals surface area (Å²) in [5.41, 5.74) is 1.87. The Bertz CT molecular complexity index is 528. The van der Waals surface area contributed by atoms with E-state index < -0.39 is 0 Å². The second kappa shape index (κ2) is 5.56. The summed E-state index contributed by atoms with van der Waals surface area (Å²) >= 11 is 1.78. The van der Waals surface area contributed by atoms with Crippen molar-refractivity contribution < 1.29 is 0 Å². The molecular formula is C15H13NS. The first-order valence-electron chi connectivity index (χ1n) is 5.52. The molecule has 0 aliphatic carbocycles. The van der Waals surface area contributed by atoms with Gasteiger partial charge in [-0.05, 0) is 30.7 Å². The fourth-order valence-electron chi connectivity index (χ4n) is 1.72. The van der Waals surface area contributed by atoms with Gasteiger partial charge in [0.05, 0.1) is 11.6 Å². The molecule has 1 atom stereocenters. The van der Waals surface area contributed by atoms with E-state index in [1.165, 1.54) is 4.90 Å². The SMILES string of the molecule is CC(Sc1ccccc1)c1ccccc1C#N. The van der Waals surface area contributed by atoms with Crippen LogP contribution in [0.15, 0.2) is 59.5 Å². The van der Waals surface area contributed by atoms with E-state index >= 15 is 0 Å². The average Bonchev–Trinajstić information content (AvgIpc) is 2.40. The van der Waals surface area contributed by atoms with Gasteiger partial charge in [0.15, 0.2) is 0 Å². The quantitative estimate of drug-likeness (QED) is 0.741. The summed E-state index contributed by atoms with van der Waals surface area (Å²) in [6, 6.07) is 20.3. The van der Waals surface area contributed by atoms with Crippen LogP contribution in [0.2, 0.25) is 0 Å². The highest BCUT2D eigenvalue weighted by atomic mass is 32.2. The second-order valence-corrected chi connectivity index (χ2v) is 5.19. The van der Waals surface area contributed by atoms with E-state index in [0.717, 1.165) is 11.1 Å². The van der Waals surface area contributed by atoms with Crippen LogP contribution in [0, 0.1) is 11.3 Å². The number of benzene rings is 2. The standard InChI is InChI=1S/C15H13NS/c1-12(17-14-8-3-2-4-9-14)15-10-6-5-7-13(15)11-16/h2-10,12H,1H3. The molecule has 0 aliphatic heterocycles. The van der Waals surface area contributed by atoms with Gasteiger partial charge in [0.25, 0.3) is 0 Å². The summed E-state index contributed by atoms with van der Waals surface area (Å²) < 4.78 is 0. The van der Waals surface area contributed by atoms with Crippen LogP contribution < -0.4 is 0 Å². The van der Waals surface area contributed by atoms with Gasteiger partial charge < -0.3 is 0 Å². The Morgan fingerprint density at radius 2 is 1.65 bits per heavy atom. The summed E-state index contributed by atoms with van der Waals surface area (Å²) in [7, 11) is 0. The van der Waals surface area contributed by atoms with Gasteiger partial charge in [-0.25, -0.2) is 0 Å². The van der Waals surface area contributed by atoms with Crippen LogP contribution in [0.1, 0.15) is 23.3 Å². The molecule has 0 bridgehead atoms. The molecule has 17 heavy (non-hydrogen) atoms. The maximum Gasteiger partial charge on any atom is 0.0994 e. The zero-order valence-corrected chi connectivity index (χ0v) is 10.4. The molecule has 0 radical (unpaired) electrons. The molecule has 0 saturated heterocycles. The number of nitrogens with zero attached hydrogens (tertiary/aromatic N) is 1. The molecule has 2 aromatic carbocycles. The second-order valence-electron chi connectivity index (χ2n) is 3.77. The minimum Gasteiger partial charge on any atom is -0.192 e. The molecule has 84 valence electrons. The predicted molar refractivity (Wildman–Crippen MR) is 71.9 cm³/mol. The van der Waals surface area contributed by atoms with Gasteiger partial charge in [-0.2, -0.15) is 5.26 Å². The lowest BCUT2D eigenvalue weighted by Gasteiger charge is -2.12. The largest absolute Gasteiger partial charge is 0.192 e. The maximum atomic E-state index is 9.07. The molecule has 0 N–H and O–H groups in total. The van der Waals surface area contributed by atoms with E-state index in [9.17, 15) is 0 Å². The Labute approximate surface area is 106 Å². The molecule has 0 saturated carbocycles. The molecule has 0 fully saturated rings. The Morgan fingerprint density at radius 1 is 1.00 bits per heavy atom. The zero-order chi connectivity index (χ0) is 12.1. The molecular weight excluding hydrogens is 226 g/mol. The number of rotatable bonds is 3. The highest BCUT2D eigenvalue weighted by Gasteiger charge is 2.10. The normalized spacial score (nSPS) is 11.8. The summed E-state index contributed by atoms with van der Waals surface area (Å²) in [6.45, 7) is 2.13. The Balaban J connectivity index is 2.21. The van der Waals surface area contributed by atoms with Crippen molar-refractivity contribution >= 4 is 11.8 Å². The number of hydrogen-bond acceptors (Lipinski definition) is 2. The van der Waals surface area contributed by atoms with Gasteiger partial charge in [-0.1, -0.05) is 36.4 Å². The number of nitriles is 1. The molecule has 0 spiro atoms. The first kappa shape index (κ1) is 11.8. The zero-order valence-electron chi connectivity index (χ0n) is 9.63. The number of thioether (sulfide) groups is 1. The van der Waals surface area contributed by atoms with E-state index in [4.69, 9.17) is 5.26 Å². The van der Waals surface area contributed by atoms with Crippen molar-refractivity contribution in [3.63, 3.8) is 0 Å². The molecule has 1 unspecified atom stereocenters. The monoisotopic (exact) mass is 239 g/mol. The van der Waals surface area contributed by atoms with Crippen molar-refractivity contribution in [2.75, 3.05) is 0 Å². The Morgan fingerprint density at radius 3 is 2.35 bits per heavy atom. The highest BCUT2D eigenvalue weighted by molar-refractivity contribution is 7.99. The van der Waals surface area contributed by atoms with Gasteiger partial charge >= 0.3 is 0 Å². The minimum atomic E-state index is 0.285. The fraction of sp³-hybridized carbons (Fsp3) is 0.133. The van der Waals surface area contributed by atoms with Crippen molar-refractivity contribution in [2.24, 2.45) is 0 Å². The summed E-state index contributed by atoms with van der Waals surface area (Å²) in [4.78, 5) is 1.23. The third-order valence-corrected chi connectivity index (χ3v) is 3.73. The third-order valence-electron chi connectivity index (χ3n) is 2.58. The Hall–Kier alpha value is -1.72. The van der Waals surface area contributed by atoms with Crippen molar-refractivity contribution in [3.8, 4) is 6.07 Å². The predicted octanol–water partition coefficient (Wildman–Crippen LogP) is 4.41. The molecule has 0 aliphatic rings. The van der Waals surface area contributed by atoms with E-state index in [-0.39, 0.29) is 5.25 Å². The van der Waals surface area contributed by atoms with Crippen molar-refractivity contribution in [1.29, 1.82) is 5.26 Å². The molecule has 0 heterocycles. The molecule has 0 aromatic heterocycles. The van der Waals surface area contributed by atoms with Gasteiger partial charge in [-0.3, -0.25) is 0 Å². The van der Waals surface area contributed by atoms with Crippen molar-refractivity contribution in [1.82, 2.24) is 0 Å². The van der Waals surface area contributed by atoms with E-state index in [2.05, 4.69) is 25.1 Å². The van der Waals surface area contributed by atoms with Gasteiger partial charge in [0.2, 0.25) is 0 Å². The van der Waals surface area contributed by atoms with Crippen LogP contribution in [0.3, 0.4) is 0 Å². The van der Waals surface area contributed by atoms with Crippen molar-refractivity contribution in [2.45, 2.75) is 17.1 Å². The molecule has 0 amide bonds. The van der Waals surface area contributed by atoms with Crippen molar-refractivity contribution in [3.05, 3.63) is 65.7 Å². The molecule has 2 heteroatoms. The van der Waals surface area contributed by atoms with Crippen LogP contribution in [-0.2, 0) is 0 Å². The van der Waals surface area contributed by atoms with Crippen LogP contribution in [0.5, 0.6) is 0 Å². The first-order valence-corrected chi connectivity index (χ1v) is 6.40. The summed E-state index contributed by atoms with van der Waals surface area (Å²) in [5, 5.41) is 9.36. The van der Waals surface area contributed by atoms with Gasteiger partial charge in [0.1, 0.15) is 0 Å². The first-order chi connectivity index (χ1) is 8.31. The van der Waals surface area contributed by atoms with Crippen LogP contribution >= 0.6 is 11.8 Å². The molecule has 1 nitrogen and oxygen atoms in total. The van der Waals surface area contributed by atoms with E-state index in [1.807, 2.05) is 42.5 Å². The topological polar surface area (TPSA) is 23.8 Å². The van der Waals surface area contributed by atoms with E-state index in [1.54, 1.807) is 11.8 Å². The minimum absolute atomic E-state index is 0.285. The van der Waals surface area contributed by atoms with Crippen LogP contribution in [-0.4, -0.2) is 0 Å². The third kappa shape index (κ3) is 2.89. The number of hydrogen-bond donors (Lipinski definition) is 0. The lowest BCUT2D eigenvalue weighted by atomic mass is 10.1. The van der Waals surface area contributed by atoms with Crippen LogP contribution in [0.25, 0.3) is 0 Å². The van der Waals surface area contributed by atoms with Crippen LogP contribution in [0.4, 0.5) is 0 Å². The summed E-state index contributed by atoms with van der Waals surface area (Å²) in [5.74, 6) is 0. The smallest absolute Gasteiger partial charge is 0.0994 e. The fourth-order valence-corrected chi connectivity index (χ4v) is 2.78.